The van der Waals surface area contributed by atoms with Gasteiger partial charge in [0, 0.05) is 37.6 Å². The van der Waals surface area contributed by atoms with Gasteiger partial charge < -0.3 is 14.4 Å². The van der Waals surface area contributed by atoms with Crippen LogP contribution in [0.4, 0.5) is 0 Å². The molecule has 0 amide bonds. The molecule has 0 aliphatic carbocycles. The molecule has 0 spiro atoms. The first-order valence-corrected chi connectivity index (χ1v) is 7.73. The van der Waals surface area contributed by atoms with Crippen LogP contribution in [-0.4, -0.2) is 68.1 Å². The van der Waals surface area contributed by atoms with Crippen LogP contribution in [0, 0.1) is 5.41 Å². The molecule has 4 heteroatoms. The van der Waals surface area contributed by atoms with Crippen LogP contribution < -0.4 is 0 Å². The molecule has 2 aliphatic rings. The molecule has 19 heavy (non-hydrogen) atoms. The summed E-state index contributed by atoms with van der Waals surface area (Å²) in [6, 6.07) is 0.668. The highest BCUT2D eigenvalue weighted by atomic mass is 16.5. The Bertz CT molecular complexity index is 286. The van der Waals surface area contributed by atoms with Crippen molar-refractivity contribution in [3.63, 3.8) is 0 Å². The summed E-state index contributed by atoms with van der Waals surface area (Å²) in [4.78, 5) is 16.5. The highest BCUT2D eigenvalue weighted by Crippen LogP contribution is 2.27. The molecular weight excluding hydrogens is 240 g/mol. The van der Waals surface area contributed by atoms with E-state index in [1.54, 1.807) is 0 Å². The van der Waals surface area contributed by atoms with Gasteiger partial charge in [-0.15, -0.1) is 0 Å². The average Bonchev–Trinajstić information content (AvgIpc) is 2.94. The average molecular weight is 268 g/mol. The number of hydrogen-bond donors (Lipinski definition) is 0. The van der Waals surface area contributed by atoms with E-state index in [-0.39, 0.29) is 5.41 Å². The standard InChI is InChI=1S/C15H28N2O2/c1-3-15(4-2,13-18)12-16-6-5-14(11-16)17-7-9-19-10-8-17/h13-14H,3-12H2,1-2H3. The molecule has 4 nitrogen and oxygen atoms in total. The maximum Gasteiger partial charge on any atom is 0.127 e. The van der Waals surface area contributed by atoms with Gasteiger partial charge in [-0.3, -0.25) is 4.90 Å². The van der Waals surface area contributed by atoms with E-state index in [1.165, 1.54) is 12.7 Å². The van der Waals surface area contributed by atoms with Crippen molar-refractivity contribution in [2.75, 3.05) is 45.9 Å². The number of rotatable bonds is 6. The quantitative estimate of drug-likeness (QED) is 0.682. The first-order valence-electron chi connectivity index (χ1n) is 7.73. The lowest BCUT2D eigenvalue weighted by molar-refractivity contribution is -0.117. The fraction of sp³-hybridized carbons (Fsp3) is 0.933. The first kappa shape index (κ1) is 14.9. The van der Waals surface area contributed by atoms with E-state index in [9.17, 15) is 4.79 Å². The summed E-state index contributed by atoms with van der Waals surface area (Å²) in [5, 5.41) is 0. The third-order valence-electron chi connectivity index (χ3n) is 5.01. The van der Waals surface area contributed by atoms with Gasteiger partial charge in [-0.05, 0) is 25.8 Å². The zero-order chi connectivity index (χ0) is 13.7. The largest absolute Gasteiger partial charge is 0.379 e. The molecular formula is C15H28N2O2. The molecule has 0 radical (unpaired) electrons. The second-order valence-electron chi connectivity index (χ2n) is 6.01. The van der Waals surface area contributed by atoms with Crippen LogP contribution in [-0.2, 0) is 9.53 Å². The SMILES string of the molecule is CCC(C=O)(CC)CN1CCC(N2CCOCC2)C1. The summed E-state index contributed by atoms with van der Waals surface area (Å²) in [7, 11) is 0. The molecule has 2 rings (SSSR count). The molecule has 1 unspecified atom stereocenters. The summed E-state index contributed by atoms with van der Waals surface area (Å²) >= 11 is 0. The van der Waals surface area contributed by atoms with Crippen molar-refractivity contribution in [2.24, 2.45) is 5.41 Å². The van der Waals surface area contributed by atoms with Crippen molar-refractivity contribution < 1.29 is 9.53 Å². The highest BCUT2D eigenvalue weighted by molar-refractivity contribution is 5.59. The van der Waals surface area contributed by atoms with Crippen LogP contribution in [0.5, 0.6) is 0 Å². The van der Waals surface area contributed by atoms with E-state index in [4.69, 9.17) is 4.74 Å². The fourth-order valence-corrected chi connectivity index (χ4v) is 3.32. The normalized spacial score (nSPS) is 26.7. The Morgan fingerprint density at radius 3 is 2.47 bits per heavy atom. The molecule has 0 aromatic rings. The summed E-state index contributed by atoms with van der Waals surface area (Å²) in [5.74, 6) is 0. The minimum absolute atomic E-state index is 0.125. The van der Waals surface area contributed by atoms with Crippen molar-refractivity contribution in [2.45, 2.75) is 39.2 Å². The predicted molar refractivity (Wildman–Crippen MR) is 76.3 cm³/mol. The van der Waals surface area contributed by atoms with Gasteiger partial charge >= 0.3 is 0 Å². The summed E-state index contributed by atoms with van der Waals surface area (Å²) < 4.78 is 5.42. The number of morpholine rings is 1. The van der Waals surface area contributed by atoms with Crippen molar-refractivity contribution in [3.05, 3.63) is 0 Å². The van der Waals surface area contributed by atoms with Crippen molar-refractivity contribution in [1.82, 2.24) is 9.80 Å². The lowest BCUT2D eigenvalue weighted by atomic mass is 9.83. The Hall–Kier alpha value is -0.450. The van der Waals surface area contributed by atoms with Gasteiger partial charge in [-0.2, -0.15) is 0 Å². The van der Waals surface area contributed by atoms with Gasteiger partial charge in [0.25, 0.3) is 0 Å². The van der Waals surface area contributed by atoms with E-state index in [1.807, 2.05) is 0 Å². The van der Waals surface area contributed by atoms with Crippen LogP contribution in [0.25, 0.3) is 0 Å². The number of carbonyl (C=O) groups excluding carboxylic acids is 1. The van der Waals surface area contributed by atoms with Gasteiger partial charge in [0.2, 0.25) is 0 Å². The molecule has 2 fully saturated rings. The van der Waals surface area contributed by atoms with Crippen molar-refractivity contribution in [1.29, 1.82) is 0 Å². The molecule has 2 aliphatic heterocycles. The minimum Gasteiger partial charge on any atom is -0.379 e. The van der Waals surface area contributed by atoms with Crippen LogP contribution in [0.15, 0.2) is 0 Å². The molecule has 0 saturated carbocycles. The molecule has 0 aromatic carbocycles. The predicted octanol–water partition coefficient (Wildman–Crippen LogP) is 1.40. The Labute approximate surface area is 117 Å². The maximum atomic E-state index is 11.4. The summed E-state index contributed by atoms with van der Waals surface area (Å²) in [6.07, 6.45) is 4.33. The number of aldehydes is 1. The Balaban J connectivity index is 1.85. The number of hydrogen-bond acceptors (Lipinski definition) is 4. The molecule has 1 atom stereocenters. The van der Waals surface area contributed by atoms with E-state index in [2.05, 4.69) is 23.6 Å². The van der Waals surface area contributed by atoms with Crippen LogP contribution >= 0.6 is 0 Å². The van der Waals surface area contributed by atoms with Crippen molar-refractivity contribution in [3.8, 4) is 0 Å². The van der Waals surface area contributed by atoms with Gasteiger partial charge in [-0.1, -0.05) is 13.8 Å². The molecule has 2 heterocycles. The molecule has 0 bridgehead atoms. The third kappa shape index (κ3) is 3.56. The van der Waals surface area contributed by atoms with Gasteiger partial charge in [0.1, 0.15) is 6.29 Å². The van der Waals surface area contributed by atoms with E-state index < -0.39 is 0 Å². The van der Waals surface area contributed by atoms with E-state index >= 15 is 0 Å². The molecule has 0 N–H and O–H groups in total. The van der Waals surface area contributed by atoms with Crippen LogP contribution in [0.2, 0.25) is 0 Å². The van der Waals surface area contributed by atoms with E-state index in [0.29, 0.717) is 6.04 Å². The number of likely N-dealkylation sites (tertiary alicyclic amines) is 1. The molecule has 0 aromatic heterocycles. The van der Waals surface area contributed by atoms with Crippen LogP contribution in [0.3, 0.4) is 0 Å². The Kier molecular flexibility index (Phi) is 5.37. The fourth-order valence-electron chi connectivity index (χ4n) is 3.32. The second kappa shape index (κ2) is 6.82. The zero-order valence-electron chi connectivity index (χ0n) is 12.4. The highest BCUT2D eigenvalue weighted by Gasteiger charge is 2.34. The molecule has 110 valence electrons. The molecule has 2 saturated heterocycles. The van der Waals surface area contributed by atoms with E-state index in [0.717, 1.165) is 58.8 Å². The van der Waals surface area contributed by atoms with Gasteiger partial charge in [0.05, 0.1) is 13.2 Å². The summed E-state index contributed by atoms with van der Waals surface area (Å²) in [6.45, 7) is 11.3. The third-order valence-corrected chi connectivity index (χ3v) is 5.01. The smallest absolute Gasteiger partial charge is 0.127 e. The van der Waals surface area contributed by atoms with Crippen molar-refractivity contribution >= 4 is 6.29 Å². The Morgan fingerprint density at radius 1 is 1.21 bits per heavy atom. The zero-order valence-corrected chi connectivity index (χ0v) is 12.4. The lowest BCUT2D eigenvalue weighted by Crippen LogP contribution is -2.45. The van der Waals surface area contributed by atoms with Crippen LogP contribution in [0.1, 0.15) is 33.1 Å². The summed E-state index contributed by atoms with van der Waals surface area (Å²) in [5.41, 5.74) is -0.125. The monoisotopic (exact) mass is 268 g/mol. The Morgan fingerprint density at radius 2 is 1.89 bits per heavy atom. The van der Waals surface area contributed by atoms with Gasteiger partial charge in [0.15, 0.2) is 0 Å². The number of carbonyl (C=O) groups is 1. The first-order chi connectivity index (χ1) is 9.23. The lowest BCUT2D eigenvalue weighted by Gasteiger charge is -2.33. The van der Waals surface area contributed by atoms with Gasteiger partial charge in [-0.25, -0.2) is 0 Å². The number of nitrogens with zero attached hydrogens (tertiary/aromatic N) is 2. The maximum absolute atomic E-state index is 11.4. The topological polar surface area (TPSA) is 32.8 Å². The second-order valence-corrected chi connectivity index (χ2v) is 6.01. The minimum atomic E-state index is -0.125. The number of ether oxygens (including phenoxy) is 1.